The normalized spacial score (nSPS) is 9.80. The largest absolute Gasteiger partial charge is 0.490 e. The van der Waals surface area contributed by atoms with Gasteiger partial charge in [0.05, 0.1) is 6.10 Å². The molecule has 0 saturated heterocycles. The number of ether oxygens (including phenoxy) is 1. The van der Waals surface area contributed by atoms with Crippen molar-refractivity contribution in [3.8, 4) is 5.75 Å². The molecule has 1 rings (SSSR count). The van der Waals surface area contributed by atoms with Gasteiger partial charge in [0.25, 0.3) is 0 Å². The van der Waals surface area contributed by atoms with Gasteiger partial charge in [0.1, 0.15) is 5.75 Å². The highest BCUT2D eigenvalue weighted by Gasteiger charge is 2.03. The molecule has 0 atom stereocenters. The summed E-state index contributed by atoms with van der Waals surface area (Å²) in [6.07, 6.45) is 3.60. The monoisotopic (exact) mass is 203 g/mol. The Morgan fingerprint density at radius 1 is 1.33 bits per heavy atom. The Morgan fingerprint density at radius 3 is 2.60 bits per heavy atom. The summed E-state index contributed by atoms with van der Waals surface area (Å²) in [5.74, 6) is 0.856. The number of hydrogen-bond acceptors (Lipinski definition) is 2. The molecule has 0 unspecified atom stereocenters. The fourth-order valence-electron chi connectivity index (χ4n) is 1.28. The maximum Gasteiger partial charge on any atom is 0.127 e. The fraction of sp³-hybridized carbons (Fsp3) is 0.231. The molecule has 0 heterocycles. The van der Waals surface area contributed by atoms with E-state index in [1.54, 1.807) is 12.3 Å². The van der Waals surface area contributed by atoms with Crippen LogP contribution in [0.4, 0.5) is 5.69 Å². The zero-order chi connectivity index (χ0) is 11.3. The quantitative estimate of drug-likeness (QED) is 0.788. The van der Waals surface area contributed by atoms with Crippen LogP contribution >= 0.6 is 0 Å². The third-order valence-corrected chi connectivity index (χ3v) is 1.86. The first kappa shape index (κ1) is 11.4. The fourth-order valence-corrected chi connectivity index (χ4v) is 1.28. The molecule has 0 aliphatic heterocycles. The zero-order valence-corrected chi connectivity index (χ0v) is 9.29. The van der Waals surface area contributed by atoms with Gasteiger partial charge in [-0.25, -0.2) is 0 Å². The lowest BCUT2D eigenvalue weighted by Crippen LogP contribution is -2.06. The molecule has 2 nitrogen and oxygen atoms in total. The summed E-state index contributed by atoms with van der Waals surface area (Å²) >= 11 is 0. The highest BCUT2D eigenvalue weighted by molar-refractivity contribution is 5.63. The summed E-state index contributed by atoms with van der Waals surface area (Å²) in [6, 6.07) is 5.86. The minimum absolute atomic E-state index is 0.168. The third-order valence-electron chi connectivity index (χ3n) is 1.86. The number of benzene rings is 1. The lowest BCUT2D eigenvalue weighted by molar-refractivity contribution is 0.242. The molecule has 0 spiro atoms. The molecule has 1 aromatic carbocycles. The molecule has 80 valence electrons. The molecule has 0 fully saturated rings. The first-order valence-electron chi connectivity index (χ1n) is 4.98. The lowest BCUT2D eigenvalue weighted by Gasteiger charge is -2.13. The highest BCUT2D eigenvalue weighted by atomic mass is 16.5. The summed E-state index contributed by atoms with van der Waals surface area (Å²) in [4.78, 5) is 0. The van der Waals surface area contributed by atoms with Crippen molar-refractivity contribution >= 4 is 11.8 Å². The van der Waals surface area contributed by atoms with E-state index in [1.807, 2.05) is 32.0 Å². The van der Waals surface area contributed by atoms with Gasteiger partial charge >= 0.3 is 0 Å². The lowest BCUT2D eigenvalue weighted by atomic mass is 10.1. The predicted molar refractivity (Wildman–Crippen MR) is 66.1 cm³/mol. The number of anilines is 1. The van der Waals surface area contributed by atoms with Gasteiger partial charge in [-0.15, -0.1) is 0 Å². The van der Waals surface area contributed by atoms with Gasteiger partial charge in [0.2, 0.25) is 0 Å². The summed E-state index contributed by atoms with van der Waals surface area (Å²) in [5, 5.41) is 3.02. The van der Waals surface area contributed by atoms with Crippen molar-refractivity contribution in [3.05, 3.63) is 43.1 Å². The van der Waals surface area contributed by atoms with Crippen molar-refractivity contribution in [2.45, 2.75) is 20.0 Å². The van der Waals surface area contributed by atoms with Crippen molar-refractivity contribution in [3.63, 3.8) is 0 Å². The van der Waals surface area contributed by atoms with E-state index in [4.69, 9.17) is 4.74 Å². The maximum absolute atomic E-state index is 5.64. The molecule has 0 aliphatic rings. The molecule has 0 bridgehead atoms. The molecule has 0 saturated carbocycles. The molecule has 2 heteroatoms. The molecule has 1 N–H and O–H groups in total. The van der Waals surface area contributed by atoms with Gasteiger partial charge in [0.15, 0.2) is 0 Å². The van der Waals surface area contributed by atoms with Crippen LogP contribution in [-0.4, -0.2) is 6.10 Å². The van der Waals surface area contributed by atoms with Gasteiger partial charge in [-0.2, -0.15) is 0 Å². The first-order chi connectivity index (χ1) is 7.17. The van der Waals surface area contributed by atoms with Crippen molar-refractivity contribution < 1.29 is 4.74 Å². The molecule has 0 amide bonds. The predicted octanol–water partition coefficient (Wildman–Crippen LogP) is 3.67. The van der Waals surface area contributed by atoms with E-state index in [2.05, 4.69) is 18.5 Å². The average Bonchev–Trinajstić information content (AvgIpc) is 2.20. The van der Waals surface area contributed by atoms with E-state index in [-0.39, 0.29) is 6.10 Å². The molecule has 15 heavy (non-hydrogen) atoms. The Balaban J connectivity index is 2.97. The second kappa shape index (κ2) is 5.25. The van der Waals surface area contributed by atoms with Gasteiger partial charge in [-0.3, -0.25) is 0 Å². The Kier molecular flexibility index (Phi) is 3.98. The Hall–Kier alpha value is -1.70. The van der Waals surface area contributed by atoms with Crippen LogP contribution in [0.2, 0.25) is 0 Å². The Labute approximate surface area is 91.3 Å². The van der Waals surface area contributed by atoms with Crippen LogP contribution in [0.5, 0.6) is 5.75 Å². The van der Waals surface area contributed by atoms with E-state index in [9.17, 15) is 0 Å². The van der Waals surface area contributed by atoms with Gasteiger partial charge < -0.3 is 10.1 Å². The summed E-state index contributed by atoms with van der Waals surface area (Å²) in [5.41, 5.74) is 1.96. The van der Waals surface area contributed by atoms with E-state index < -0.39 is 0 Å². The van der Waals surface area contributed by atoms with E-state index >= 15 is 0 Å². The van der Waals surface area contributed by atoms with Crippen LogP contribution in [0.25, 0.3) is 6.08 Å². The number of rotatable bonds is 5. The molecular weight excluding hydrogens is 186 g/mol. The Bertz CT molecular complexity index is 356. The van der Waals surface area contributed by atoms with Crippen molar-refractivity contribution in [1.82, 2.24) is 0 Å². The van der Waals surface area contributed by atoms with Crippen LogP contribution in [-0.2, 0) is 0 Å². The number of hydrogen-bond donors (Lipinski definition) is 1. The van der Waals surface area contributed by atoms with Gasteiger partial charge in [-0.05, 0) is 38.2 Å². The smallest absolute Gasteiger partial charge is 0.127 e. The van der Waals surface area contributed by atoms with E-state index in [0.29, 0.717) is 0 Å². The summed E-state index contributed by atoms with van der Waals surface area (Å²) in [7, 11) is 0. The van der Waals surface area contributed by atoms with Gasteiger partial charge in [0, 0.05) is 11.3 Å². The molecular formula is C13H17NO. The Morgan fingerprint density at radius 2 is 2.07 bits per heavy atom. The molecule has 0 aliphatic carbocycles. The van der Waals surface area contributed by atoms with Crippen LogP contribution in [0, 0.1) is 0 Å². The third kappa shape index (κ3) is 3.17. The van der Waals surface area contributed by atoms with Crippen molar-refractivity contribution in [1.29, 1.82) is 0 Å². The molecule has 1 aromatic rings. The van der Waals surface area contributed by atoms with Crippen LogP contribution < -0.4 is 10.1 Å². The van der Waals surface area contributed by atoms with E-state index in [1.165, 1.54) is 0 Å². The second-order valence-electron chi connectivity index (χ2n) is 3.47. The van der Waals surface area contributed by atoms with Crippen LogP contribution in [0.3, 0.4) is 0 Å². The average molecular weight is 203 g/mol. The van der Waals surface area contributed by atoms with Crippen LogP contribution in [0.15, 0.2) is 37.6 Å². The number of nitrogens with one attached hydrogen (secondary N) is 1. The van der Waals surface area contributed by atoms with E-state index in [0.717, 1.165) is 17.0 Å². The summed E-state index contributed by atoms with van der Waals surface area (Å²) in [6.45, 7) is 11.4. The minimum atomic E-state index is 0.168. The second-order valence-corrected chi connectivity index (χ2v) is 3.47. The standard InChI is InChI=1S/C13H17NO/c1-5-11-9-12(14-6-2)7-8-13(11)15-10(3)4/h5-10,14H,1-2H2,3-4H3. The van der Waals surface area contributed by atoms with Crippen molar-refractivity contribution in [2.24, 2.45) is 0 Å². The highest BCUT2D eigenvalue weighted by Crippen LogP contribution is 2.24. The zero-order valence-electron chi connectivity index (χ0n) is 9.29. The van der Waals surface area contributed by atoms with Crippen molar-refractivity contribution in [2.75, 3.05) is 5.32 Å². The SMILES string of the molecule is C=CNc1ccc(OC(C)C)c(C=C)c1. The topological polar surface area (TPSA) is 21.3 Å². The molecule has 0 aromatic heterocycles. The van der Waals surface area contributed by atoms with Crippen LogP contribution in [0.1, 0.15) is 19.4 Å². The maximum atomic E-state index is 5.64. The summed E-state index contributed by atoms with van der Waals surface area (Å²) < 4.78 is 5.64. The molecule has 0 radical (unpaired) electrons. The minimum Gasteiger partial charge on any atom is -0.490 e. The van der Waals surface area contributed by atoms with Gasteiger partial charge in [-0.1, -0.05) is 19.2 Å². The first-order valence-corrected chi connectivity index (χ1v) is 4.98.